The molecule has 1 aromatic rings. The lowest BCUT2D eigenvalue weighted by molar-refractivity contribution is 0.0698. The molecule has 0 aliphatic heterocycles. The molecule has 0 bridgehead atoms. The molecule has 0 amide bonds. The third kappa shape index (κ3) is 3.34. The van der Waals surface area contributed by atoms with Crippen molar-refractivity contribution < 1.29 is 9.90 Å². The first-order chi connectivity index (χ1) is 7.54. The molecule has 0 aliphatic carbocycles. The normalized spacial score (nSPS) is 12.1. The lowest BCUT2D eigenvalue weighted by Crippen LogP contribution is -2.18. The number of hydrogen-bond donors (Lipinski definition) is 3. The second-order valence-electron chi connectivity index (χ2n) is 3.61. The van der Waals surface area contributed by atoms with Crippen LogP contribution in [0.3, 0.4) is 0 Å². The van der Waals surface area contributed by atoms with Gasteiger partial charge in [0.25, 0.3) is 0 Å². The highest BCUT2D eigenvalue weighted by Crippen LogP contribution is 2.19. The monoisotopic (exact) mass is 240 g/mol. The fraction of sp³-hybridized carbons (Fsp3) is 0.364. The molecule has 16 heavy (non-hydrogen) atoms. The quantitative estimate of drug-likeness (QED) is 0.687. The van der Waals surface area contributed by atoms with E-state index in [1.165, 1.54) is 6.07 Å². The van der Waals surface area contributed by atoms with Gasteiger partial charge in [-0.1, -0.05) is 0 Å². The zero-order valence-corrected chi connectivity index (χ0v) is 10.2. The average molecular weight is 240 g/mol. The third-order valence-corrected chi connectivity index (χ3v) is 2.95. The van der Waals surface area contributed by atoms with Gasteiger partial charge in [-0.25, -0.2) is 4.79 Å². The van der Waals surface area contributed by atoms with E-state index in [0.717, 1.165) is 11.4 Å². The Morgan fingerprint density at radius 3 is 2.81 bits per heavy atom. The van der Waals surface area contributed by atoms with Crippen LogP contribution in [0, 0.1) is 0 Å². The van der Waals surface area contributed by atoms with E-state index in [9.17, 15) is 4.79 Å². The molecule has 1 atom stereocenters. The van der Waals surface area contributed by atoms with Crippen LogP contribution < -0.4 is 11.1 Å². The maximum Gasteiger partial charge on any atom is 0.337 e. The number of hydrogen-bond acceptors (Lipinski definition) is 4. The highest BCUT2D eigenvalue weighted by Gasteiger charge is 2.08. The van der Waals surface area contributed by atoms with Crippen molar-refractivity contribution in [3.63, 3.8) is 0 Å². The minimum atomic E-state index is -0.999. The van der Waals surface area contributed by atoms with E-state index in [1.807, 2.05) is 6.26 Å². The molecule has 88 valence electrons. The Kier molecular flexibility index (Phi) is 4.49. The Hall–Kier alpha value is -1.36. The highest BCUT2D eigenvalue weighted by molar-refractivity contribution is 7.98. The molecule has 0 aromatic heterocycles. The maximum atomic E-state index is 10.8. The molecule has 1 unspecified atom stereocenters. The van der Waals surface area contributed by atoms with Crippen molar-refractivity contribution in [1.82, 2.24) is 0 Å². The van der Waals surface area contributed by atoms with Crippen LogP contribution in [0.25, 0.3) is 0 Å². The van der Waals surface area contributed by atoms with Gasteiger partial charge in [0.2, 0.25) is 0 Å². The molecule has 0 aliphatic rings. The lowest BCUT2D eigenvalue weighted by Gasteiger charge is -2.14. The molecular formula is C11H16N2O2S. The van der Waals surface area contributed by atoms with Crippen molar-refractivity contribution in [2.45, 2.75) is 13.0 Å². The van der Waals surface area contributed by atoms with Crippen LogP contribution in [-0.4, -0.2) is 29.1 Å². The van der Waals surface area contributed by atoms with Gasteiger partial charge in [0.05, 0.1) is 5.56 Å². The number of carboxylic acids is 1. The largest absolute Gasteiger partial charge is 0.478 e. The van der Waals surface area contributed by atoms with E-state index in [-0.39, 0.29) is 11.3 Å². The molecule has 5 heteroatoms. The first-order valence-corrected chi connectivity index (χ1v) is 6.32. The van der Waals surface area contributed by atoms with Gasteiger partial charge in [-0.15, -0.1) is 0 Å². The molecule has 0 spiro atoms. The molecule has 0 radical (unpaired) electrons. The third-order valence-electron chi connectivity index (χ3n) is 2.11. The number of benzene rings is 1. The molecule has 0 saturated carbocycles. The van der Waals surface area contributed by atoms with E-state index in [1.54, 1.807) is 23.9 Å². The number of nitrogen functional groups attached to an aromatic ring is 1. The van der Waals surface area contributed by atoms with Gasteiger partial charge in [-0.3, -0.25) is 0 Å². The zero-order chi connectivity index (χ0) is 12.1. The van der Waals surface area contributed by atoms with E-state index in [0.29, 0.717) is 6.04 Å². The number of anilines is 2. The summed E-state index contributed by atoms with van der Waals surface area (Å²) in [6.07, 6.45) is 2.04. The Morgan fingerprint density at radius 1 is 1.62 bits per heavy atom. The number of rotatable bonds is 5. The maximum absolute atomic E-state index is 10.8. The van der Waals surface area contributed by atoms with Crippen LogP contribution in [-0.2, 0) is 0 Å². The first kappa shape index (κ1) is 12.7. The molecule has 1 rings (SSSR count). The summed E-state index contributed by atoms with van der Waals surface area (Å²) in [5.41, 5.74) is 6.92. The minimum absolute atomic E-state index is 0.142. The van der Waals surface area contributed by atoms with Gasteiger partial charge in [0, 0.05) is 23.2 Å². The molecule has 1 aromatic carbocycles. The van der Waals surface area contributed by atoms with E-state index in [4.69, 9.17) is 10.8 Å². The average Bonchev–Trinajstić information content (AvgIpc) is 2.17. The molecule has 0 saturated heterocycles. The second kappa shape index (κ2) is 5.65. The molecule has 4 N–H and O–H groups in total. The zero-order valence-electron chi connectivity index (χ0n) is 9.36. The summed E-state index contributed by atoms with van der Waals surface area (Å²) in [7, 11) is 0. The van der Waals surface area contributed by atoms with Gasteiger partial charge < -0.3 is 16.2 Å². The van der Waals surface area contributed by atoms with Crippen LogP contribution in [0.2, 0.25) is 0 Å². The molecular weight excluding hydrogens is 224 g/mol. The first-order valence-electron chi connectivity index (χ1n) is 4.93. The van der Waals surface area contributed by atoms with Crippen LogP contribution in [0.15, 0.2) is 18.2 Å². The number of carbonyl (C=O) groups is 1. The van der Waals surface area contributed by atoms with Crippen LogP contribution in [0.1, 0.15) is 17.3 Å². The van der Waals surface area contributed by atoms with Gasteiger partial charge >= 0.3 is 5.97 Å². The summed E-state index contributed by atoms with van der Waals surface area (Å²) in [5, 5.41) is 12.1. The number of nitrogens with one attached hydrogen (secondary N) is 1. The van der Waals surface area contributed by atoms with Gasteiger partial charge in [-0.05, 0) is 31.4 Å². The van der Waals surface area contributed by atoms with Crippen molar-refractivity contribution in [3.8, 4) is 0 Å². The molecule has 0 fully saturated rings. The minimum Gasteiger partial charge on any atom is -0.478 e. The smallest absolute Gasteiger partial charge is 0.337 e. The van der Waals surface area contributed by atoms with Crippen molar-refractivity contribution in [2.24, 2.45) is 0 Å². The highest BCUT2D eigenvalue weighted by atomic mass is 32.2. The lowest BCUT2D eigenvalue weighted by atomic mass is 10.1. The summed E-state index contributed by atoms with van der Waals surface area (Å²) >= 11 is 1.75. The summed E-state index contributed by atoms with van der Waals surface area (Å²) < 4.78 is 0. The summed E-state index contributed by atoms with van der Waals surface area (Å²) in [5.74, 6) is -0.0122. The second-order valence-corrected chi connectivity index (χ2v) is 4.52. The number of thioether (sulfide) groups is 1. The fourth-order valence-corrected chi connectivity index (χ4v) is 2.01. The Morgan fingerprint density at radius 2 is 2.31 bits per heavy atom. The van der Waals surface area contributed by atoms with Crippen molar-refractivity contribution in [3.05, 3.63) is 23.8 Å². The predicted octanol–water partition coefficient (Wildman–Crippen LogP) is 2.13. The van der Waals surface area contributed by atoms with Gasteiger partial charge in [0.1, 0.15) is 0 Å². The number of nitrogens with two attached hydrogens (primary N) is 1. The topological polar surface area (TPSA) is 75.3 Å². The van der Waals surface area contributed by atoms with Gasteiger partial charge in [-0.2, -0.15) is 11.8 Å². The number of carboxylic acid groups (broad SMARTS) is 1. The Balaban J connectivity index is 2.77. The van der Waals surface area contributed by atoms with Crippen LogP contribution >= 0.6 is 11.8 Å². The fourth-order valence-electron chi connectivity index (χ4n) is 1.42. The Bertz CT molecular complexity index is 382. The standard InChI is InChI=1S/C11H16N2O2S/c1-7(6-16-2)13-8-3-4-9(11(14)15)10(12)5-8/h3-5,7,13H,6,12H2,1-2H3,(H,14,15). The van der Waals surface area contributed by atoms with Crippen molar-refractivity contribution in [2.75, 3.05) is 23.1 Å². The number of aromatic carboxylic acids is 1. The van der Waals surface area contributed by atoms with E-state index < -0.39 is 5.97 Å². The molecule has 0 heterocycles. The van der Waals surface area contributed by atoms with Crippen LogP contribution in [0.5, 0.6) is 0 Å². The molecule has 4 nitrogen and oxygen atoms in total. The van der Waals surface area contributed by atoms with E-state index in [2.05, 4.69) is 12.2 Å². The predicted molar refractivity (Wildman–Crippen MR) is 69.3 cm³/mol. The SMILES string of the molecule is CSCC(C)Nc1ccc(C(=O)O)c(N)c1. The summed E-state index contributed by atoms with van der Waals surface area (Å²) in [4.78, 5) is 10.8. The summed E-state index contributed by atoms with van der Waals surface area (Å²) in [6.45, 7) is 2.07. The van der Waals surface area contributed by atoms with Gasteiger partial charge in [0.15, 0.2) is 0 Å². The summed E-state index contributed by atoms with van der Waals surface area (Å²) in [6, 6.07) is 5.23. The van der Waals surface area contributed by atoms with Crippen molar-refractivity contribution >= 4 is 29.1 Å². The van der Waals surface area contributed by atoms with Crippen molar-refractivity contribution in [1.29, 1.82) is 0 Å². The van der Waals surface area contributed by atoms with Crippen LogP contribution in [0.4, 0.5) is 11.4 Å². The Labute approximate surface area is 99.2 Å². The van der Waals surface area contributed by atoms with E-state index >= 15 is 0 Å².